The number of hydrogen-bond acceptors (Lipinski definition) is 2. The molecule has 2 heteroatoms. The zero-order valence-corrected chi connectivity index (χ0v) is 7.72. The standard InChI is InChI=1S/C11H15NO/c1-2-6-10(13)11(12)9-7-4-3-5-8-9/h2-8,10-11,13H,12H2,1H3/b6-2+/t10-,11?/m1/s1. The molecule has 70 valence electrons. The van der Waals surface area contributed by atoms with E-state index in [1.54, 1.807) is 12.2 Å². The van der Waals surface area contributed by atoms with Crippen LogP contribution < -0.4 is 5.73 Å². The lowest BCUT2D eigenvalue weighted by Gasteiger charge is -2.15. The van der Waals surface area contributed by atoms with Gasteiger partial charge in [0.15, 0.2) is 0 Å². The van der Waals surface area contributed by atoms with Crippen LogP contribution in [-0.4, -0.2) is 11.2 Å². The molecule has 0 bridgehead atoms. The predicted molar refractivity (Wildman–Crippen MR) is 54.2 cm³/mol. The van der Waals surface area contributed by atoms with Gasteiger partial charge in [0.1, 0.15) is 0 Å². The van der Waals surface area contributed by atoms with Crippen molar-refractivity contribution in [1.82, 2.24) is 0 Å². The normalized spacial score (nSPS) is 15.9. The maximum atomic E-state index is 9.56. The first kappa shape index (κ1) is 9.96. The van der Waals surface area contributed by atoms with Crippen LogP contribution in [0.1, 0.15) is 18.5 Å². The van der Waals surface area contributed by atoms with Crippen molar-refractivity contribution in [2.75, 3.05) is 0 Å². The van der Waals surface area contributed by atoms with Gasteiger partial charge in [-0.2, -0.15) is 0 Å². The molecule has 0 saturated carbocycles. The molecule has 0 spiro atoms. The van der Waals surface area contributed by atoms with E-state index < -0.39 is 6.10 Å². The second-order valence-electron chi connectivity index (χ2n) is 2.95. The van der Waals surface area contributed by atoms with Gasteiger partial charge in [0.05, 0.1) is 12.1 Å². The summed E-state index contributed by atoms with van der Waals surface area (Å²) in [6, 6.07) is 9.25. The van der Waals surface area contributed by atoms with Gasteiger partial charge in [0.25, 0.3) is 0 Å². The van der Waals surface area contributed by atoms with Crippen LogP contribution in [0.3, 0.4) is 0 Å². The van der Waals surface area contributed by atoms with Gasteiger partial charge in [-0.05, 0) is 12.5 Å². The van der Waals surface area contributed by atoms with Crippen molar-refractivity contribution < 1.29 is 5.11 Å². The molecule has 0 amide bonds. The van der Waals surface area contributed by atoms with Crippen molar-refractivity contribution >= 4 is 0 Å². The van der Waals surface area contributed by atoms with E-state index in [1.165, 1.54) is 0 Å². The Hall–Kier alpha value is -1.12. The lowest BCUT2D eigenvalue weighted by molar-refractivity contribution is 0.192. The molecule has 0 aliphatic carbocycles. The van der Waals surface area contributed by atoms with Gasteiger partial charge < -0.3 is 10.8 Å². The number of nitrogens with two attached hydrogens (primary N) is 1. The molecule has 3 N–H and O–H groups in total. The Bertz CT molecular complexity index is 269. The quantitative estimate of drug-likeness (QED) is 0.689. The molecule has 1 aromatic rings. The third-order valence-electron chi connectivity index (χ3n) is 1.94. The fourth-order valence-electron chi connectivity index (χ4n) is 1.19. The van der Waals surface area contributed by atoms with Gasteiger partial charge in [-0.25, -0.2) is 0 Å². The minimum atomic E-state index is -0.604. The summed E-state index contributed by atoms with van der Waals surface area (Å²) in [5.41, 5.74) is 6.78. The summed E-state index contributed by atoms with van der Waals surface area (Å²) < 4.78 is 0. The summed E-state index contributed by atoms with van der Waals surface area (Å²) in [7, 11) is 0. The highest BCUT2D eigenvalue weighted by molar-refractivity contribution is 5.20. The minimum absolute atomic E-state index is 0.336. The Kier molecular flexibility index (Phi) is 3.68. The predicted octanol–water partition coefficient (Wildman–Crippen LogP) is 1.62. The minimum Gasteiger partial charge on any atom is -0.387 e. The van der Waals surface area contributed by atoms with Crippen LogP contribution in [0.2, 0.25) is 0 Å². The van der Waals surface area contributed by atoms with Gasteiger partial charge in [0, 0.05) is 0 Å². The fourth-order valence-corrected chi connectivity index (χ4v) is 1.19. The third-order valence-corrected chi connectivity index (χ3v) is 1.94. The Balaban J connectivity index is 2.73. The van der Waals surface area contributed by atoms with E-state index in [1.807, 2.05) is 37.3 Å². The number of aliphatic hydroxyl groups is 1. The maximum Gasteiger partial charge on any atom is 0.0913 e. The van der Waals surface area contributed by atoms with Crippen LogP contribution in [0.25, 0.3) is 0 Å². The van der Waals surface area contributed by atoms with E-state index in [2.05, 4.69) is 0 Å². The smallest absolute Gasteiger partial charge is 0.0913 e. The van der Waals surface area contributed by atoms with Gasteiger partial charge in [0.2, 0.25) is 0 Å². The summed E-state index contributed by atoms with van der Waals surface area (Å²) in [5.74, 6) is 0. The molecule has 0 saturated heterocycles. The summed E-state index contributed by atoms with van der Waals surface area (Å²) >= 11 is 0. The first-order valence-corrected chi connectivity index (χ1v) is 4.37. The van der Waals surface area contributed by atoms with Crippen molar-refractivity contribution in [3.63, 3.8) is 0 Å². The number of aliphatic hydroxyl groups excluding tert-OH is 1. The summed E-state index contributed by atoms with van der Waals surface area (Å²) in [5, 5.41) is 9.56. The molecular formula is C11H15NO. The number of rotatable bonds is 3. The average Bonchev–Trinajstić information content (AvgIpc) is 2.18. The van der Waals surface area contributed by atoms with Crippen LogP contribution in [-0.2, 0) is 0 Å². The molecule has 0 aliphatic rings. The van der Waals surface area contributed by atoms with Gasteiger partial charge in [-0.1, -0.05) is 42.5 Å². The van der Waals surface area contributed by atoms with Gasteiger partial charge >= 0.3 is 0 Å². The monoisotopic (exact) mass is 177 g/mol. The molecule has 0 aliphatic heterocycles. The fraction of sp³-hybridized carbons (Fsp3) is 0.273. The van der Waals surface area contributed by atoms with Gasteiger partial charge in [-0.3, -0.25) is 0 Å². The molecule has 2 nitrogen and oxygen atoms in total. The average molecular weight is 177 g/mol. The molecule has 0 fully saturated rings. The van der Waals surface area contributed by atoms with Crippen LogP contribution in [0.15, 0.2) is 42.5 Å². The van der Waals surface area contributed by atoms with Crippen molar-refractivity contribution in [2.45, 2.75) is 19.1 Å². The molecule has 0 aromatic heterocycles. The highest BCUT2D eigenvalue weighted by Gasteiger charge is 2.12. The Morgan fingerprint density at radius 2 is 1.92 bits per heavy atom. The number of allylic oxidation sites excluding steroid dienone is 1. The Labute approximate surface area is 78.7 Å². The molecule has 2 atom stereocenters. The summed E-state index contributed by atoms with van der Waals surface area (Å²) in [4.78, 5) is 0. The van der Waals surface area contributed by atoms with E-state index in [0.717, 1.165) is 5.56 Å². The molecule has 1 aromatic carbocycles. The second kappa shape index (κ2) is 4.80. The Morgan fingerprint density at radius 3 is 2.46 bits per heavy atom. The van der Waals surface area contributed by atoms with E-state index in [-0.39, 0.29) is 6.04 Å². The topological polar surface area (TPSA) is 46.2 Å². The van der Waals surface area contributed by atoms with Crippen molar-refractivity contribution in [1.29, 1.82) is 0 Å². The Morgan fingerprint density at radius 1 is 1.31 bits per heavy atom. The largest absolute Gasteiger partial charge is 0.387 e. The molecule has 1 rings (SSSR count). The maximum absolute atomic E-state index is 9.56. The van der Waals surface area contributed by atoms with Crippen LogP contribution in [0, 0.1) is 0 Å². The molecule has 1 unspecified atom stereocenters. The first-order chi connectivity index (χ1) is 6.25. The zero-order valence-electron chi connectivity index (χ0n) is 7.72. The van der Waals surface area contributed by atoms with Crippen molar-refractivity contribution in [2.24, 2.45) is 5.73 Å². The molecule has 13 heavy (non-hydrogen) atoms. The van der Waals surface area contributed by atoms with E-state index in [0.29, 0.717) is 0 Å². The molecule has 0 heterocycles. The van der Waals surface area contributed by atoms with E-state index in [9.17, 15) is 5.11 Å². The third kappa shape index (κ3) is 2.68. The molecule has 0 radical (unpaired) electrons. The zero-order chi connectivity index (χ0) is 9.68. The van der Waals surface area contributed by atoms with Crippen LogP contribution in [0.4, 0.5) is 0 Å². The van der Waals surface area contributed by atoms with Gasteiger partial charge in [-0.15, -0.1) is 0 Å². The summed E-state index contributed by atoms with van der Waals surface area (Å²) in [6.07, 6.45) is 2.89. The second-order valence-corrected chi connectivity index (χ2v) is 2.95. The summed E-state index contributed by atoms with van der Waals surface area (Å²) in [6.45, 7) is 1.86. The number of hydrogen-bond donors (Lipinski definition) is 2. The van der Waals surface area contributed by atoms with Crippen LogP contribution in [0.5, 0.6) is 0 Å². The van der Waals surface area contributed by atoms with E-state index in [4.69, 9.17) is 5.73 Å². The van der Waals surface area contributed by atoms with Crippen molar-refractivity contribution in [3.05, 3.63) is 48.0 Å². The lowest BCUT2D eigenvalue weighted by Crippen LogP contribution is -2.24. The SMILES string of the molecule is C/C=C/[C@@H](O)C(N)c1ccccc1. The van der Waals surface area contributed by atoms with Crippen LogP contribution >= 0.6 is 0 Å². The highest BCUT2D eigenvalue weighted by Crippen LogP contribution is 2.14. The molecular weight excluding hydrogens is 162 g/mol. The van der Waals surface area contributed by atoms with E-state index >= 15 is 0 Å². The first-order valence-electron chi connectivity index (χ1n) is 4.37. The van der Waals surface area contributed by atoms with Crippen molar-refractivity contribution in [3.8, 4) is 0 Å². The lowest BCUT2D eigenvalue weighted by atomic mass is 10.0. The number of benzene rings is 1. The highest BCUT2D eigenvalue weighted by atomic mass is 16.3.